The summed E-state index contributed by atoms with van der Waals surface area (Å²) < 4.78 is 1.59. The van der Waals surface area contributed by atoms with E-state index in [9.17, 15) is 10.1 Å². The molecule has 0 bridgehead atoms. The van der Waals surface area contributed by atoms with E-state index in [1.807, 2.05) is 20.8 Å². The maximum absolute atomic E-state index is 12.1. The second-order valence-corrected chi connectivity index (χ2v) is 4.87. The fourth-order valence-electron chi connectivity index (χ4n) is 1.68. The lowest BCUT2D eigenvalue weighted by molar-refractivity contribution is -0.465. The Morgan fingerprint density at radius 2 is 1.88 bits per heavy atom. The number of para-hydroxylation sites is 2. The Bertz CT molecular complexity index is 594. The van der Waals surface area contributed by atoms with Crippen LogP contribution in [-0.2, 0) is 5.41 Å². The second kappa shape index (κ2) is 3.33. The van der Waals surface area contributed by atoms with Crippen molar-refractivity contribution < 1.29 is 4.43 Å². The zero-order valence-electron chi connectivity index (χ0n) is 9.60. The molecule has 0 radical (unpaired) electrons. The van der Waals surface area contributed by atoms with Crippen LogP contribution in [0.1, 0.15) is 26.5 Å². The van der Waals surface area contributed by atoms with Crippen LogP contribution in [0, 0.1) is 10.1 Å². The fraction of sp³-hybridized carbons (Fsp3) is 0.333. The minimum atomic E-state index is -0.349. The predicted octanol–water partition coefficient (Wildman–Crippen LogP) is 2.20. The molecule has 2 aromatic rings. The largest absolute Gasteiger partial charge is 0.805 e. The van der Waals surface area contributed by atoms with Crippen molar-refractivity contribution in [2.75, 3.05) is 0 Å². The van der Waals surface area contributed by atoms with Crippen molar-refractivity contribution in [2.45, 2.75) is 26.2 Å². The molecule has 1 heterocycles. The van der Waals surface area contributed by atoms with Crippen molar-refractivity contribution in [3.63, 3.8) is 0 Å². The third-order valence-electron chi connectivity index (χ3n) is 2.56. The maximum atomic E-state index is 12.1. The topological polar surface area (TPSA) is 51.0 Å². The van der Waals surface area contributed by atoms with Gasteiger partial charge in [0, 0.05) is 16.4 Å². The summed E-state index contributed by atoms with van der Waals surface area (Å²) in [7, 11) is 0. The van der Waals surface area contributed by atoms with Crippen LogP contribution in [-0.4, -0.2) is 4.73 Å². The molecule has 16 heavy (non-hydrogen) atoms. The number of benzene rings is 1. The highest BCUT2D eigenvalue weighted by atomic mass is 16.5. The van der Waals surface area contributed by atoms with Gasteiger partial charge in [-0.3, -0.25) is 0 Å². The van der Waals surface area contributed by atoms with Crippen molar-refractivity contribution in [3.05, 3.63) is 46.3 Å². The van der Waals surface area contributed by atoms with E-state index in [0.717, 1.165) is 9.16 Å². The van der Waals surface area contributed by atoms with E-state index in [0.29, 0.717) is 16.7 Å². The highest BCUT2D eigenvalue weighted by Gasteiger charge is 2.21. The third-order valence-corrected chi connectivity index (χ3v) is 2.56. The Morgan fingerprint density at radius 1 is 1.25 bits per heavy atom. The van der Waals surface area contributed by atoms with E-state index in [1.165, 1.54) is 6.20 Å². The van der Waals surface area contributed by atoms with Gasteiger partial charge in [0.25, 0.3) is 5.52 Å². The lowest BCUT2D eigenvalue weighted by Crippen LogP contribution is -2.26. The molecule has 1 aromatic heterocycles. The van der Waals surface area contributed by atoms with Crippen LogP contribution >= 0.6 is 0 Å². The van der Waals surface area contributed by atoms with Crippen molar-refractivity contribution in [1.29, 1.82) is 0 Å². The molecule has 1 aromatic carbocycles. The fourth-order valence-corrected chi connectivity index (χ4v) is 1.68. The highest BCUT2D eigenvalue weighted by Crippen LogP contribution is 2.22. The lowest BCUT2D eigenvalue weighted by Gasteiger charge is -2.25. The molecular weight excluding hydrogens is 204 g/mol. The molecular formula is C12H14N2O2. The zero-order chi connectivity index (χ0) is 11.9. The molecule has 0 unspecified atom stereocenters. The van der Waals surface area contributed by atoms with Crippen molar-refractivity contribution in [2.24, 2.45) is 0 Å². The van der Waals surface area contributed by atoms with Gasteiger partial charge in [0.05, 0.1) is 10.1 Å². The van der Waals surface area contributed by atoms with E-state index in [4.69, 9.17) is 0 Å². The van der Waals surface area contributed by atoms with Crippen LogP contribution in [0.4, 0.5) is 0 Å². The number of fused-ring (bicyclic) bond motifs is 1. The molecule has 0 saturated carbocycles. The summed E-state index contributed by atoms with van der Waals surface area (Å²) in [5, 5.41) is 12.1. The molecule has 0 aliphatic carbocycles. The van der Waals surface area contributed by atoms with Gasteiger partial charge < -0.3 is 9.94 Å². The van der Waals surface area contributed by atoms with Gasteiger partial charge in [-0.15, -0.1) is 0 Å². The van der Waals surface area contributed by atoms with Crippen LogP contribution in [0.3, 0.4) is 0 Å². The standard InChI is InChI=1S/C12H14N2O2/c1-12(2,3)11-8-13(15)9-6-4-5-7-10(9)14(11)16/h4-8H,1-3H3. The predicted molar refractivity (Wildman–Crippen MR) is 62.8 cm³/mol. The van der Waals surface area contributed by atoms with Gasteiger partial charge in [0.15, 0.2) is 0 Å². The van der Waals surface area contributed by atoms with Gasteiger partial charge in [-0.05, 0) is 6.07 Å². The van der Waals surface area contributed by atoms with E-state index >= 15 is 0 Å². The minimum absolute atomic E-state index is 0.349. The van der Waals surface area contributed by atoms with Crippen LogP contribution in [0.25, 0.3) is 11.0 Å². The van der Waals surface area contributed by atoms with Gasteiger partial charge in [-0.1, -0.05) is 32.9 Å². The molecule has 0 spiro atoms. The Balaban J connectivity index is 2.92. The first-order valence-electron chi connectivity index (χ1n) is 5.16. The Morgan fingerprint density at radius 3 is 2.50 bits per heavy atom. The number of hydrogen-bond donors (Lipinski definition) is 0. The van der Waals surface area contributed by atoms with Gasteiger partial charge >= 0.3 is 0 Å². The van der Waals surface area contributed by atoms with Crippen molar-refractivity contribution >= 4 is 11.0 Å². The summed E-state index contributed by atoms with van der Waals surface area (Å²) in [6, 6.07) is 6.80. The molecule has 0 saturated heterocycles. The first kappa shape index (κ1) is 10.7. The van der Waals surface area contributed by atoms with E-state index in [1.54, 1.807) is 24.3 Å². The van der Waals surface area contributed by atoms with Gasteiger partial charge in [-0.25, -0.2) is 0 Å². The van der Waals surface area contributed by atoms with Crippen LogP contribution < -0.4 is 4.43 Å². The number of rotatable bonds is 0. The highest BCUT2D eigenvalue weighted by molar-refractivity contribution is 5.71. The maximum Gasteiger partial charge on any atom is 0.285 e. The minimum Gasteiger partial charge on any atom is -0.805 e. The second-order valence-electron chi connectivity index (χ2n) is 4.87. The smallest absolute Gasteiger partial charge is 0.285 e. The Labute approximate surface area is 93.3 Å². The lowest BCUT2D eigenvalue weighted by atomic mass is 9.92. The monoisotopic (exact) mass is 218 g/mol. The van der Waals surface area contributed by atoms with Crippen LogP contribution in [0.2, 0.25) is 0 Å². The zero-order valence-corrected chi connectivity index (χ0v) is 9.60. The van der Waals surface area contributed by atoms with Gasteiger partial charge in [-0.2, -0.15) is 0 Å². The van der Waals surface area contributed by atoms with E-state index in [2.05, 4.69) is 0 Å². The third kappa shape index (κ3) is 1.56. The van der Waals surface area contributed by atoms with Crippen molar-refractivity contribution in [3.8, 4) is 0 Å². The van der Waals surface area contributed by atoms with E-state index in [-0.39, 0.29) is 5.41 Å². The first-order chi connectivity index (χ1) is 7.41. The van der Waals surface area contributed by atoms with Crippen LogP contribution in [0.15, 0.2) is 30.5 Å². The molecule has 0 amide bonds. The van der Waals surface area contributed by atoms with Gasteiger partial charge in [0.2, 0.25) is 6.20 Å². The molecule has 0 N–H and O–H groups in total. The normalized spacial score (nSPS) is 11.9. The van der Waals surface area contributed by atoms with Crippen LogP contribution in [0.5, 0.6) is 0 Å². The molecule has 2 rings (SSSR count). The SMILES string of the molecule is CC(C)(C)c1c[n+](=O)c2ccccc2n1[O-]. The molecule has 84 valence electrons. The number of nitrogens with zero attached hydrogens (tertiary/aromatic N) is 2. The molecule has 4 nitrogen and oxygen atoms in total. The summed E-state index contributed by atoms with van der Waals surface area (Å²) in [4.78, 5) is 11.8. The Hall–Kier alpha value is -1.84. The molecule has 0 aliphatic rings. The summed E-state index contributed by atoms with van der Waals surface area (Å²) in [5.74, 6) is 0. The molecule has 0 atom stereocenters. The molecule has 0 fully saturated rings. The Kier molecular flexibility index (Phi) is 2.22. The van der Waals surface area contributed by atoms with E-state index < -0.39 is 0 Å². The number of hydrogen-bond acceptors (Lipinski definition) is 2. The molecule has 4 heteroatoms. The molecule has 0 aliphatic heterocycles. The average Bonchev–Trinajstić information content (AvgIpc) is 2.22. The number of aromatic nitrogens is 2. The van der Waals surface area contributed by atoms with Crippen molar-refractivity contribution in [1.82, 2.24) is 4.73 Å². The summed E-state index contributed by atoms with van der Waals surface area (Å²) in [6.07, 6.45) is 1.36. The first-order valence-corrected chi connectivity index (χ1v) is 5.16. The summed E-state index contributed by atoms with van der Waals surface area (Å²) in [5.41, 5.74) is 0.925. The van der Waals surface area contributed by atoms with Gasteiger partial charge in [0.1, 0.15) is 5.52 Å². The quantitative estimate of drug-likeness (QED) is 0.636. The summed E-state index contributed by atoms with van der Waals surface area (Å²) >= 11 is 0. The average molecular weight is 218 g/mol. The summed E-state index contributed by atoms with van der Waals surface area (Å²) in [6.45, 7) is 5.72.